The molecule has 0 amide bonds. The van der Waals surface area contributed by atoms with Crippen molar-refractivity contribution >= 4 is 11.6 Å². The van der Waals surface area contributed by atoms with Gasteiger partial charge in [0.05, 0.1) is 13.2 Å². The van der Waals surface area contributed by atoms with E-state index in [-0.39, 0.29) is 6.04 Å². The van der Waals surface area contributed by atoms with E-state index in [0.717, 1.165) is 17.7 Å². The first-order valence-corrected chi connectivity index (χ1v) is 6.28. The maximum Gasteiger partial charge on any atom is 0.123 e. The minimum absolute atomic E-state index is 0.0104. The molecular weight excluding hydrogens is 252 g/mol. The van der Waals surface area contributed by atoms with Crippen LogP contribution in [0.15, 0.2) is 18.2 Å². The summed E-state index contributed by atoms with van der Waals surface area (Å²) in [5.41, 5.74) is 3.78. The summed E-state index contributed by atoms with van der Waals surface area (Å²) in [5, 5.41) is 0.672. The highest BCUT2D eigenvalue weighted by Gasteiger charge is 2.18. The van der Waals surface area contributed by atoms with Gasteiger partial charge in [0.25, 0.3) is 0 Å². The van der Waals surface area contributed by atoms with Crippen molar-refractivity contribution in [3.8, 4) is 5.75 Å². The van der Waals surface area contributed by atoms with Crippen molar-refractivity contribution in [1.82, 2.24) is 5.43 Å². The Morgan fingerprint density at radius 1 is 1.39 bits per heavy atom. The Morgan fingerprint density at radius 2 is 2.11 bits per heavy atom. The molecule has 0 heterocycles. The summed E-state index contributed by atoms with van der Waals surface area (Å²) in [6, 6.07) is 5.52. The van der Waals surface area contributed by atoms with Crippen molar-refractivity contribution in [3.63, 3.8) is 0 Å². The zero-order valence-corrected chi connectivity index (χ0v) is 11.8. The zero-order valence-electron chi connectivity index (χ0n) is 11.1. The fourth-order valence-corrected chi connectivity index (χ4v) is 2.20. The molecule has 4 nitrogen and oxygen atoms in total. The summed E-state index contributed by atoms with van der Waals surface area (Å²) in [6.07, 6.45) is 0.848. The summed E-state index contributed by atoms with van der Waals surface area (Å²) in [5.74, 6) is 6.81. The second-order valence-corrected chi connectivity index (χ2v) is 4.84. The Labute approximate surface area is 113 Å². The van der Waals surface area contributed by atoms with Crippen LogP contribution < -0.4 is 16.0 Å². The Hall–Kier alpha value is -0.810. The van der Waals surface area contributed by atoms with Gasteiger partial charge < -0.3 is 9.47 Å². The highest BCUT2D eigenvalue weighted by molar-refractivity contribution is 6.30. The molecule has 3 N–H and O–H groups in total. The normalized spacial score (nSPS) is 14.3. The van der Waals surface area contributed by atoms with Gasteiger partial charge in [0, 0.05) is 24.3 Å². The number of halogens is 1. The highest BCUT2D eigenvalue weighted by Crippen LogP contribution is 2.31. The number of nitrogens with two attached hydrogens (primary N) is 1. The van der Waals surface area contributed by atoms with Crippen LogP contribution in [-0.2, 0) is 4.74 Å². The van der Waals surface area contributed by atoms with Crippen LogP contribution in [0.3, 0.4) is 0 Å². The number of ether oxygens (including phenoxy) is 2. The van der Waals surface area contributed by atoms with Gasteiger partial charge in [-0.1, -0.05) is 18.5 Å². The van der Waals surface area contributed by atoms with Crippen LogP contribution in [-0.4, -0.2) is 20.8 Å². The monoisotopic (exact) mass is 272 g/mol. The molecule has 2 atom stereocenters. The molecule has 102 valence electrons. The minimum atomic E-state index is -0.0104. The van der Waals surface area contributed by atoms with E-state index in [9.17, 15) is 0 Å². The van der Waals surface area contributed by atoms with Crippen LogP contribution >= 0.6 is 11.6 Å². The Balaban J connectivity index is 2.89. The minimum Gasteiger partial charge on any atom is -0.496 e. The van der Waals surface area contributed by atoms with E-state index in [1.807, 2.05) is 12.1 Å². The molecule has 0 aliphatic rings. The van der Waals surface area contributed by atoms with Gasteiger partial charge in [0.1, 0.15) is 5.75 Å². The van der Waals surface area contributed by atoms with Gasteiger partial charge in [-0.15, -0.1) is 0 Å². The molecule has 0 aromatic heterocycles. The third-order valence-electron chi connectivity index (χ3n) is 2.86. The number of nitrogens with one attached hydrogen (secondary N) is 1. The first-order valence-electron chi connectivity index (χ1n) is 5.90. The van der Waals surface area contributed by atoms with E-state index in [2.05, 4.69) is 12.3 Å². The molecule has 0 bridgehead atoms. The lowest BCUT2D eigenvalue weighted by Crippen LogP contribution is -2.30. The van der Waals surface area contributed by atoms with E-state index in [0.29, 0.717) is 17.5 Å². The largest absolute Gasteiger partial charge is 0.496 e. The van der Waals surface area contributed by atoms with Crippen LogP contribution in [0.4, 0.5) is 0 Å². The molecule has 2 unspecified atom stereocenters. The molecule has 1 aromatic rings. The fraction of sp³-hybridized carbons (Fsp3) is 0.538. The molecular formula is C13H21ClN2O2. The van der Waals surface area contributed by atoms with E-state index >= 15 is 0 Å². The van der Waals surface area contributed by atoms with Crippen molar-refractivity contribution in [2.75, 3.05) is 20.8 Å². The topological polar surface area (TPSA) is 56.5 Å². The van der Waals surface area contributed by atoms with Crippen molar-refractivity contribution in [2.24, 2.45) is 11.8 Å². The van der Waals surface area contributed by atoms with Gasteiger partial charge in [-0.3, -0.25) is 11.3 Å². The van der Waals surface area contributed by atoms with Gasteiger partial charge in [-0.25, -0.2) is 0 Å². The average Bonchev–Trinajstić information content (AvgIpc) is 2.36. The summed E-state index contributed by atoms with van der Waals surface area (Å²) < 4.78 is 10.5. The van der Waals surface area contributed by atoms with Crippen molar-refractivity contribution in [1.29, 1.82) is 0 Å². The average molecular weight is 273 g/mol. The Morgan fingerprint density at radius 3 is 2.67 bits per heavy atom. The zero-order chi connectivity index (χ0) is 13.5. The highest BCUT2D eigenvalue weighted by atomic mass is 35.5. The maximum absolute atomic E-state index is 6.02. The van der Waals surface area contributed by atoms with Crippen LogP contribution in [0.2, 0.25) is 5.02 Å². The molecule has 0 aliphatic heterocycles. The molecule has 0 radical (unpaired) electrons. The summed E-state index contributed by atoms with van der Waals surface area (Å²) in [6.45, 7) is 2.81. The summed E-state index contributed by atoms with van der Waals surface area (Å²) >= 11 is 6.02. The van der Waals surface area contributed by atoms with Crippen LogP contribution in [0, 0.1) is 5.92 Å². The Bertz CT molecular complexity index is 374. The molecule has 1 aromatic carbocycles. The van der Waals surface area contributed by atoms with E-state index in [1.165, 1.54) is 0 Å². The smallest absolute Gasteiger partial charge is 0.123 e. The lowest BCUT2D eigenvalue weighted by Gasteiger charge is -2.22. The number of hydrazine groups is 1. The van der Waals surface area contributed by atoms with Crippen LogP contribution in [0.1, 0.15) is 24.9 Å². The van der Waals surface area contributed by atoms with E-state index in [4.69, 9.17) is 26.9 Å². The lowest BCUT2D eigenvalue weighted by atomic mass is 9.96. The first-order chi connectivity index (χ1) is 8.62. The Kier molecular flexibility index (Phi) is 6.43. The molecule has 0 saturated carbocycles. The van der Waals surface area contributed by atoms with Crippen LogP contribution in [0.25, 0.3) is 0 Å². The molecule has 1 rings (SSSR count). The lowest BCUT2D eigenvalue weighted by molar-refractivity contribution is 0.149. The number of hydrogen-bond donors (Lipinski definition) is 2. The number of rotatable bonds is 7. The van der Waals surface area contributed by atoms with Crippen molar-refractivity contribution < 1.29 is 9.47 Å². The molecule has 0 saturated heterocycles. The molecule has 18 heavy (non-hydrogen) atoms. The first kappa shape index (κ1) is 15.2. The maximum atomic E-state index is 6.02. The molecule has 0 aliphatic carbocycles. The third-order valence-corrected chi connectivity index (χ3v) is 3.09. The predicted molar refractivity (Wildman–Crippen MR) is 73.7 cm³/mol. The predicted octanol–water partition coefficient (Wildman–Crippen LogP) is 2.53. The molecule has 5 heteroatoms. The number of hydrogen-bond acceptors (Lipinski definition) is 4. The van der Waals surface area contributed by atoms with Gasteiger partial charge >= 0.3 is 0 Å². The molecule has 0 spiro atoms. The quantitative estimate of drug-likeness (QED) is 0.592. The van der Waals surface area contributed by atoms with Crippen molar-refractivity contribution in [2.45, 2.75) is 19.4 Å². The van der Waals surface area contributed by atoms with Gasteiger partial charge in [-0.05, 0) is 30.5 Å². The van der Waals surface area contributed by atoms with Gasteiger partial charge in [0.15, 0.2) is 0 Å². The van der Waals surface area contributed by atoms with Gasteiger partial charge in [0.2, 0.25) is 0 Å². The number of benzene rings is 1. The third kappa shape index (κ3) is 4.14. The summed E-state index contributed by atoms with van der Waals surface area (Å²) in [7, 11) is 3.33. The second-order valence-electron chi connectivity index (χ2n) is 4.40. The molecule has 0 fully saturated rings. The second kappa shape index (κ2) is 7.59. The van der Waals surface area contributed by atoms with Gasteiger partial charge in [-0.2, -0.15) is 0 Å². The van der Waals surface area contributed by atoms with E-state index in [1.54, 1.807) is 20.3 Å². The van der Waals surface area contributed by atoms with Crippen molar-refractivity contribution in [3.05, 3.63) is 28.8 Å². The summed E-state index contributed by atoms with van der Waals surface area (Å²) in [4.78, 5) is 0. The number of methoxy groups -OCH3 is 2. The van der Waals surface area contributed by atoms with E-state index < -0.39 is 0 Å². The standard InChI is InChI=1S/C13H21ClN2O2/c1-9(8-17-2)6-12(16-15)11-7-10(14)4-5-13(11)18-3/h4-5,7,9,12,16H,6,8,15H2,1-3H3. The fourth-order valence-electron chi connectivity index (χ4n) is 2.02. The SMILES string of the molecule is COCC(C)CC(NN)c1cc(Cl)ccc1OC. The van der Waals surface area contributed by atoms with Crippen LogP contribution in [0.5, 0.6) is 5.75 Å².